The molecule has 6 rings (SSSR count). The molecule has 0 spiro atoms. The number of hydrogen-bond acceptors (Lipinski definition) is 2. The SMILES string of the molecule is CC[C@@]12CCC[C@@](c3ccccc3)(CC(CCC(=O)N[C@H]3CN4CCC3CC4)C1)C2. The lowest BCUT2D eigenvalue weighted by Gasteiger charge is -2.55. The van der Waals surface area contributed by atoms with Crippen molar-refractivity contribution in [2.24, 2.45) is 17.3 Å². The number of piperidine rings is 3. The predicted molar refractivity (Wildman–Crippen MR) is 122 cm³/mol. The first-order valence-electron chi connectivity index (χ1n) is 12.7. The molecule has 164 valence electrons. The molecule has 1 aromatic carbocycles. The molecule has 1 N–H and O–H groups in total. The second-order valence-corrected chi connectivity index (χ2v) is 11.2. The van der Waals surface area contributed by atoms with E-state index in [1.165, 1.54) is 70.9 Å². The van der Waals surface area contributed by atoms with E-state index < -0.39 is 0 Å². The molecule has 4 bridgehead atoms. The molecule has 1 aromatic rings. The largest absolute Gasteiger partial charge is 0.352 e. The van der Waals surface area contributed by atoms with Crippen LogP contribution in [-0.4, -0.2) is 36.5 Å². The monoisotopic (exact) mass is 408 g/mol. The number of amides is 1. The number of carbonyl (C=O) groups excluding carboxylic acids is 1. The van der Waals surface area contributed by atoms with Crippen molar-refractivity contribution in [3.05, 3.63) is 35.9 Å². The third-order valence-electron chi connectivity index (χ3n) is 9.40. The average Bonchev–Trinajstić information content (AvgIpc) is 2.79. The maximum absolute atomic E-state index is 12.8. The predicted octanol–water partition coefficient (Wildman–Crippen LogP) is 5.30. The van der Waals surface area contributed by atoms with Crippen molar-refractivity contribution in [1.29, 1.82) is 0 Å². The summed E-state index contributed by atoms with van der Waals surface area (Å²) in [6, 6.07) is 11.7. The van der Waals surface area contributed by atoms with Crippen LogP contribution in [0.25, 0.3) is 0 Å². The lowest BCUT2D eigenvalue weighted by molar-refractivity contribution is -0.123. The van der Waals surface area contributed by atoms with Crippen molar-refractivity contribution in [1.82, 2.24) is 10.2 Å². The highest BCUT2D eigenvalue weighted by Gasteiger charge is 2.50. The minimum absolute atomic E-state index is 0.309. The fraction of sp³-hybridized carbons (Fsp3) is 0.741. The van der Waals surface area contributed by atoms with Gasteiger partial charge in [0.2, 0.25) is 5.91 Å². The Bertz CT molecular complexity index is 740. The lowest BCUT2D eigenvalue weighted by Crippen LogP contribution is -2.57. The maximum atomic E-state index is 12.8. The average molecular weight is 409 g/mol. The first-order valence-corrected chi connectivity index (χ1v) is 12.7. The van der Waals surface area contributed by atoms with E-state index >= 15 is 0 Å². The van der Waals surface area contributed by atoms with Gasteiger partial charge in [0.1, 0.15) is 0 Å². The quantitative estimate of drug-likeness (QED) is 0.693. The summed E-state index contributed by atoms with van der Waals surface area (Å²) in [6.45, 7) is 5.96. The summed E-state index contributed by atoms with van der Waals surface area (Å²) in [5, 5.41) is 3.42. The van der Waals surface area contributed by atoms with Crippen LogP contribution in [0, 0.1) is 17.3 Å². The molecule has 3 nitrogen and oxygen atoms in total. The minimum atomic E-state index is 0.309. The molecule has 1 amide bonds. The molecule has 1 unspecified atom stereocenters. The van der Waals surface area contributed by atoms with Crippen molar-refractivity contribution in [3.8, 4) is 0 Å². The summed E-state index contributed by atoms with van der Waals surface area (Å²) in [4.78, 5) is 15.4. The summed E-state index contributed by atoms with van der Waals surface area (Å²) >= 11 is 0. The molecule has 3 aliphatic heterocycles. The van der Waals surface area contributed by atoms with Crippen LogP contribution in [0.2, 0.25) is 0 Å². The molecule has 4 atom stereocenters. The van der Waals surface area contributed by atoms with E-state index in [0.717, 1.165) is 25.3 Å². The third-order valence-corrected chi connectivity index (χ3v) is 9.40. The Morgan fingerprint density at radius 2 is 1.93 bits per heavy atom. The van der Waals surface area contributed by atoms with Gasteiger partial charge in [-0.25, -0.2) is 0 Å². The van der Waals surface area contributed by atoms with Crippen LogP contribution >= 0.6 is 0 Å². The van der Waals surface area contributed by atoms with Crippen LogP contribution in [0.3, 0.4) is 0 Å². The zero-order valence-electron chi connectivity index (χ0n) is 18.9. The zero-order valence-corrected chi connectivity index (χ0v) is 18.9. The van der Waals surface area contributed by atoms with E-state index in [1.54, 1.807) is 5.56 Å². The first kappa shape index (κ1) is 20.5. The fourth-order valence-electron chi connectivity index (χ4n) is 7.83. The van der Waals surface area contributed by atoms with Gasteiger partial charge in [0, 0.05) is 19.0 Å². The molecular weight excluding hydrogens is 368 g/mol. The normalized spacial score (nSPS) is 40.2. The molecule has 3 heterocycles. The van der Waals surface area contributed by atoms with Crippen molar-refractivity contribution < 1.29 is 4.79 Å². The highest BCUT2D eigenvalue weighted by Crippen LogP contribution is 2.60. The van der Waals surface area contributed by atoms with Crippen LogP contribution in [-0.2, 0) is 10.2 Å². The smallest absolute Gasteiger partial charge is 0.220 e. The van der Waals surface area contributed by atoms with E-state index in [4.69, 9.17) is 0 Å². The molecule has 5 aliphatic rings. The van der Waals surface area contributed by atoms with E-state index in [2.05, 4.69) is 47.5 Å². The van der Waals surface area contributed by atoms with Gasteiger partial charge in [-0.15, -0.1) is 0 Å². The number of benzene rings is 1. The molecule has 3 saturated heterocycles. The first-order chi connectivity index (χ1) is 14.6. The van der Waals surface area contributed by atoms with Crippen molar-refractivity contribution in [2.45, 2.75) is 89.0 Å². The van der Waals surface area contributed by atoms with Gasteiger partial charge in [0.05, 0.1) is 0 Å². The van der Waals surface area contributed by atoms with Gasteiger partial charge in [-0.2, -0.15) is 0 Å². The van der Waals surface area contributed by atoms with Gasteiger partial charge < -0.3 is 10.2 Å². The third kappa shape index (κ3) is 3.95. The van der Waals surface area contributed by atoms with E-state index in [-0.39, 0.29) is 0 Å². The Balaban J connectivity index is 1.24. The summed E-state index contributed by atoms with van der Waals surface area (Å²) in [5.41, 5.74) is 2.41. The molecule has 30 heavy (non-hydrogen) atoms. The van der Waals surface area contributed by atoms with E-state index in [9.17, 15) is 4.79 Å². The summed E-state index contributed by atoms with van der Waals surface area (Å²) < 4.78 is 0. The Hall–Kier alpha value is -1.35. The van der Waals surface area contributed by atoms with Crippen LogP contribution in [0.4, 0.5) is 0 Å². The zero-order chi connectivity index (χ0) is 20.6. The molecule has 0 aromatic heterocycles. The van der Waals surface area contributed by atoms with Crippen LogP contribution in [0.15, 0.2) is 30.3 Å². The van der Waals surface area contributed by atoms with Crippen LogP contribution in [0.5, 0.6) is 0 Å². The summed E-state index contributed by atoms with van der Waals surface area (Å²) in [6.07, 6.45) is 13.7. The molecule has 2 saturated carbocycles. The number of fused-ring (bicyclic) bond motifs is 5. The number of rotatable bonds is 6. The number of nitrogens with zero attached hydrogens (tertiary/aromatic N) is 1. The van der Waals surface area contributed by atoms with E-state index in [0.29, 0.717) is 28.7 Å². The van der Waals surface area contributed by atoms with Crippen molar-refractivity contribution >= 4 is 5.91 Å². The Labute approximate surface area is 183 Å². The Morgan fingerprint density at radius 3 is 2.63 bits per heavy atom. The number of nitrogens with one attached hydrogen (secondary N) is 1. The molecule has 2 aliphatic carbocycles. The highest BCUT2D eigenvalue weighted by molar-refractivity contribution is 5.76. The van der Waals surface area contributed by atoms with E-state index in [1.807, 2.05) is 0 Å². The number of hydrogen-bond donors (Lipinski definition) is 1. The molecule has 3 heteroatoms. The lowest BCUT2D eigenvalue weighted by atomic mass is 9.49. The second-order valence-electron chi connectivity index (χ2n) is 11.2. The van der Waals surface area contributed by atoms with Gasteiger partial charge in [0.25, 0.3) is 0 Å². The van der Waals surface area contributed by atoms with Gasteiger partial charge in [-0.05, 0) is 92.7 Å². The van der Waals surface area contributed by atoms with Gasteiger partial charge in [-0.1, -0.05) is 50.1 Å². The molecule has 5 fully saturated rings. The minimum Gasteiger partial charge on any atom is -0.352 e. The standard InChI is InChI=1S/C27H40N2O/c1-2-26-13-6-14-27(20-26,23-7-4-3-5-8-23)18-21(17-26)9-10-25(30)28-24-19-29-15-11-22(24)12-16-29/h3-5,7-8,21-22,24H,2,6,9-20H2,1H3,(H,28,30)/t21?,24-,26+,27+/m0/s1. The summed E-state index contributed by atoms with van der Waals surface area (Å²) in [5.74, 6) is 1.72. The van der Waals surface area contributed by atoms with Crippen molar-refractivity contribution in [2.75, 3.05) is 19.6 Å². The Kier molecular flexibility index (Phi) is 5.68. The van der Waals surface area contributed by atoms with Crippen molar-refractivity contribution in [3.63, 3.8) is 0 Å². The van der Waals surface area contributed by atoms with Crippen LogP contribution < -0.4 is 5.32 Å². The van der Waals surface area contributed by atoms with Gasteiger partial charge in [-0.3, -0.25) is 4.79 Å². The summed E-state index contributed by atoms with van der Waals surface area (Å²) in [7, 11) is 0. The highest BCUT2D eigenvalue weighted by atomic mass is 16.1. The topological polar surface area (TPSA) is 32.3 Å². The molecule has 0 radical (unpaired) electrons. The second kappa shape index (κ2) is 8.30. The Morgan fingerprint density at radius 1 is 1.13 bits per heavy atom. The molecular formula is C27H40N2O. The van der Waals surface area contributed by atoms with Gasteiger partial charge in [0.15, 0.2) is 0 Å². The van der Waals surface area contributed by atoms with Gasteiger partial charge >= 0.3 is 0 Å². The van der Waals surface area contributed by atoms with Crippen LogP contribution in [0.1, 0.15) is 83.1 Å². The fourth-order valence-corrected chi connectivity index (χ4v) is 7.83. The number of carbonyl (C=O) groups is 1. The maximum Gasteiger partial charge on any atom is 0.220 e.